The lowest BCUT2D eigenvalue weighted by Crippen LogP contribution is -2.30. The van der Waals surface area contributed by atoms with Gasteiger partial charge in [0.05, 0.1) is 5.02 Å². The molecule has 5 nitrogen and oxygen atoms in total. The van der Waals surface area contributed by atoms with Crippen LogP contribution in [0.25, 0.3) is 0 Å². The van der Waals surface area contributed by atoms with E-state index < -0.39 is 6.10 Å². The van der Waals surface area contributed by atoms with E-state index in [2.05, 4.69) is 5.32 Å². The van der Waals surface area contributed by atoms with E-state index in [0.717, 1.165) is 0 Å². The molecule has 0 fully saturated rings. The summed E-state index contributed by atoms with van der Waals surface area (Å²) in [6, 6.07) is 11.4. The zero-order valence-corrected chi connectivity index (χ0v) is 15.6. The zero-order chi connectivity index (χ0) is 18.6. The van der Waals surface area contributed by atoms with Crippen molar-refractivity contribution in [1.82, 2.24) is 4.90 Å². The molecule has 132 valence electrons. The van der Waals surface area contributed by atoms with E-state index in [4.69, 9.17) is 27.9 Å². The normalized spacial score (nSPS) is 11.6. The quantitative estimate of drug-likeness (QED) is 0.849. The smallest absolute Gasteiger partial charge is 0.265 e. The fourth-order valence-corrected chi connectivity index (χ4v) is 2.47. The molecule has 2 aromatic carbocycles. The zero-order valence-electron chi connectivity index (χ0n) is 14.0. The second kappa shape index (κ2) is 8.23. The number of rotatable bonds is 5. The van der Waals surface area contributed by atoms with Gasteiger partial charge >= 0.3 is 0 Å². The summed E-state index contributed by atoms with van der Waals surface area (Å²) in [5, 5.41) is 3.55. The summed E-state index contributed by atoms with van der Waals surface area (Å²) in [6.45, 7) is 1.62. The van der Waals surface area contributed by atoms with Gasteiger partial charge in [-0.1, -0.05) is 23.2 Å². The van der Waals surface area contributed by atoms with Crippen LogP contribution in [0, 0.1) is 0 Å². The molecule has 0 saturated carbocycles. The van der Waals surface area contributed by atoms with Crippen molar-refractivity contribution in [3.8, 4) is 5.75 Å². The lowest BCUT2D eigenvalue weighted by atomic mass is 10.2. The van der Waals surface area contributed by atoms with Crippen molar-refractivity contribution in [3.63, 3.8) is 0 Å². The predicted octanol–water partition coefficient (Wildman–Crippen LogP) is 4.10. The maximum Gasteiger partial charge on any atom is 0.265 e. The molecule has 1 N–H and O–H groups in total. The molecule has 0 bridgehead atoms. The molecule has 0 radical (unpaired) electrons. The maximum absolute atomic E-state index is 12.2. The Labute approximate surface area is 156 Å². The molecule has 0 heterocycles. The van der Waals surface area contributed by atoms with E-state index in [1.165, 1.54) is 4.90 Å². The van der Waals surface area contributed by atoms with Crippen molar-refractivity contribution in [3.05, 3.63) is 58.1 Å². The summed E-state index contributed by atoms with van der Waals surface area (Å²) in [4.78, 5) is 25.6. The topological polar surface area (TPSA) is 58.6 Å². The first-order chi connectivity index (χ1) is 11.8. The maximum atomic E-state index is 12.2. The van der Waals surface area contributed by atoms with Gasteiger partial charge in [0.25, 0.3) is 11.8 Å². The largest absolute Gasteiger partial charge is 0.479 e. The Morgan fingerprint density at radius 2 is 1.72 bits per heavy atom. The van der Waals surface area contributed by atoms with Gasteiger partial charge < -0.3 is 15.0 Å². The molecule has 0 aliphatic carbocycles. The van der Waals surface area contributed by atoms with E-state index in [9.17, 15) is 9.59 Å². The average molecular weight is 381 g/mol. The predicted molar refractivity (Wildman–Crippen MR) is 99.6 cm³/mol. The van der Waals surface area contributed by atoms with Crippen LogP contribution in [-0.4, -0.2) is 36.9 Å². The van der Waals surface area contributed by atoms with E-state index >= 15 is 0 Å². The molecule has 7 heteroatoms. The van der Waals surface area contributed by atoms with Crippen LogP contribution in [0.3, 0.4) is 0 Å². The number of benzene rings is 2. The first-order valence-electron chi connectivity index (χ1n) is 7.52. The number of halogens is 2. The van der Waals surface area contributed by atoms with Crippen molar-refractivity contribution in [2.24, 2.45) is 0 Å². The third-order valence-corrected chi connectivity index (χ3v) is 3.90. The molecule has 0 aliphatic heterocycles. The Bertz CT molecular complexity index is 776. The van der Waals surface area contributed by atoms with Crippen LogP contribution in [0.15, 0.2) is 42.5 Å². The van der Waals surface area contributed by atoms with E-state index in [1.54, 1.807) is 63.5 Å². The van der Waals surface area contributed by atoms with Crippen LogP contribution in [0.1, 0.15) is 17.3 Å². The van der Waals surface area contributed by atoms with Gasteiger partial charge in [-0.15, -0.1) is 0 Å². The highest BCUT2D eigenvalue weighted by molar-refractivity contribution is 6.35. The highest BCUT2D eigenvalue weighted by Crippen LogP contribution is 2.28. The van der Waals surface area contributed by atoms with Crippen molar-refractivity contribution < 1.29 is 14.3 Å². The van der Waals surface area contributed by atoms with Gasteiger partial charge in [-0.2, -0.15) is 0 Å². The standard InChI is InChI=1S/C18H18Cl2N2O3/c1-11(25-16-9-6-13(19)10-15(16)20)17(23)21-14-7-4-12(5-8-14)18(24)22(2)3/h4-11H,1-3H3,(H,21,23). The number of carbonyl (C=O) groups excluding carboxylic acids is 2. The van der Waals surface area contributed by atoms with E-state index in [0.29, 0.717) is 27.0 Å². The number of hydrogen-bond donors (Lipinski definition) is 1. The summed E-state index contributed by atoms with van der Waals surface area (Å²) in [5.41, 5.74) is 1.11. The summed E-state index contributed by atoms with van der Waals surface area (Å²) < 4.78 is 5.56. The van der Waals surface area contributed by atoms with Gasteiger partial charge in [0.1, 0.15) is 5.75 Å². The minimum absolute atomic E-state index is 0.105. The molecular formula is C18H18Cl2N2O3. The third kappa shape index (κ3) is 5.11. The molecule has 2 aromatic rings. The number of nitrogens with zero attached hydrogens (tertiary/aromatic N) is 1. The van der Waals surface area contributed by atoms with Gasteiger partial charge in [0.15, 0.2) is 6.10 Å². The Kier molecular flexibility index (Phi) is 6.28. The van der Waals surface area contributed by atoms with Crippen molar-refractivity contribution in [2.75, 3.05) is 19.4 Å². The minimum atomic E-state index is -0.762. The lowest BCUT2D eigenvalue weighted by Gasteiger charge is -2.16. The van der Waals surface area contributed by atoms with Crippen molar-refractivity contribution in [2.45, 2.75) is 13.0 Å². The molecular weight excluding hydrogens is 363 g/mol. The fourth-order valence-electron chi connectivity index (χ4n) is 2.01. The van der Waals surface area contributed by atoms with Crippen LogP contribution in [0.5, 0.6) is 5.75 Å². The number of ether oxygens (including phenoxy) is 1. The Morgan fingerprint density at radius 3 is 2.28 bits per heavy atom. The lowest BCUT2D eigenvalue weighted by molar-refractivity contribution is -0.122. The molecule has 0 aliphatic rings. The summed E-state index contributed by atoms with van der Waals surface area (Å²) in [7, 11) is 3.36. The molecule has 1 unspecified atom stereocenters. The highest BCUT2D eigenvalue weighted by Gasteiger charge is 2.17. The summed E-state index contributed by atoms with van der Waals surface area (Å²) in [5.74, 6) is -0.0645. The van der Waals surface area contributed by atoms with E-state index in [-0.39, 0.29) is 11.8 Å². The van der Waals surface area contributed by atoms with Crippen LogP contribution in [0.4, 0.5) is 5.69 Å². The average Bonchev–Trinajstić information content (AvgIpc) is 2.57. The molecule has 0 saturated heterocycles. The second-order valence-electron chi connectivity index (χ2n) is 5.60. The van der Waals surface area contributed by atoms with Gasteiger partial charge in [0.2, 0.25) is 0 Å². The van der Waals surface area contributed by atoms with E-state index in [1.807, 2.05) is 0 Å². The van der Waals surface area contributed by atoms with Crippen LogP contribution < -0.4 is 10.1 Å². The first-order valence-corrected chi connectivity index (χ1v) is 8.28. The molecule has 2 amide bonds. The number of hydrogen-bond acceptors (Lipinski definition) is 3. The Hall–Kier alpha value is -2.24. The summed E-state index contributed by atoms with van der Waals surface area (Å²) >= 11 is 11.9. The second-order valence-corrected chi connectivity index (χ2v) is 6.44. The molecule has 0 aromatic heterocycles. The minimum Gasteiger partial charge on any atom is -0.479 e. The Morgan fingerprint density at radius 1 is 1.08 bits per heavy atom. The molecule has 2 rings (SSSR count). The number of amides is 2. The first kappa shape index (κ1) is 19.1. The number of nitrogens with one attached hydrogen (secondary N) is 1. The third-order valence-electron chi connectivity index (χ3n) is 3.37. The molecule has 1 atom stereocenters. The van der Waals surface area contributed by atoms with Crippen LogP contribution >= 0.6 is 23.2 Å². The van der Waals surface area contributed by atoms with Gasteiger partial charge in [-0.25, -0.2) is 0 Å². The Balaban J connectivity index is 2.00. The monoisotopic (exact) mass is 380 g/mol. The number of carbonyl (C=O) groups is 2. The van der Waals surface area contributed by atoms with Crippen LogP contribution in [-0.2, 0) is 4.79 Å². The molecule has 0 spiro atoms. The van der Waals surface area contributed by atoms with Crippen molar-refractivity contribution in [1.29, 1.82) is 0 Å². The number of anilines is 1. The van der Waals surface area contributed by atoms with Gasteiger partial charge in [-0.3, -0.25) is 9.59 Å². The SMILES string of the molecule is CC(Oc1ccc(Cl)cc1Cl)C(=O)Nc1ccc(C(=O)N(C)C)cc1. The molecule has 25 heavy (non-hydrogen) atoms. The summed E-state index contributed by atoms with van der Waals surface area (Å²) in [6.07, 6.45) is -0.762. The van der Waals surface area contributed by atoms with Gasteiger partial charge in [-0.05, 0) is 49.4 Å². The van der Waals surface area contributed by atoms with Gasteiger partial charge in [0, 0.05) is 30.4 Å². The van der Waals surface area contributed by atoms with Crippen LogP contribution in [0.2, 0.25) is 10.0 Å². The van der Waals surface area contributed by atoms with Crippen molar-refractivity contribution >= 4 is 40.7 Å². The fraction of sp³-hybridized carbons (Fsp3) is 0.222. The highest BCUT2D eigenvalue weighted by atomic mass is 35.5.